The molecule has 0 aromatic carbocycles. The van der Waals surface area contributed by atoms with Crippen molar-refractivity contribution in [2.75, 3.05) is 13.1 Å². The third kappa shape index (κ3) is 3.57. The molecule has 126 valence electrons. The minimum atomic E-state index is 0.211. The van der Waals surface area contributed by atoms with Gasteiger partial charge in [-0.1, -0.05) is 19.3 Å². The minimum Gasteiger partial charge on any atom is -0.353 e. The molecule has 1 amide bonds. The summed E-state index contributed by atoms with van der Waals surface area (Å²) in [5.74, 6) is 3.13. The Morgan fingerprint density at radius 1 is 1.09 bits per heavy atom. The molecule has 0 saturated heterocycles. The molecule has 0 spiro atoms. The van der Waals surface area contributed by atoms with Gasteiger partial charge in [-0.2, -0.15) is 0 Å². The van der Waals surface area contributed by atoms with Crippen LogP contribution < -0.4 is 5.32 Å². The number of carbonyl (C=O) groups is 1. The number of nitrogens with one attached hydrogen (secondary N) is 1. The maximum atomic E-state index is 12.1. The molecule has 2 saturated carbocycles. The first-order chi connectivity index (χ1) is 11.3. The van der Waals surface area contributed by atoms with Gasteiger partial charge in [-0.05, 0) is 25.7 Å². The van der Waals surface area contributed by atoms with E-state index in [1.165, 1.54) is 37.9 Å². The molecule has 6 heteroatoms. The van der Waals surface area contributed by atoms with E-state index in [9.17, 15) is 4.79 Å². The van der Waals surface area contributed by atoms with E-state index >= 15 is 0 Å². The Hall–Kier alpha value is -1.43. The molecule has 2 aliphatic carbocycles. The van der Waals surface area contributed by atoms with Crippen LogP contribution in [0.4, 0.5) is 0 Å². The quantitative estimate of drug-likeness (QED) is 0.899. The van der Waals surface area contributed by atoms with Crippen LogP contribution in [0.1, 0.15) is 68.9 Å². The largest absolute Gasteiger partial charge is 0.353 e. The normalized spacial score (nSPS) is 22.8. The smallest absolute Gasteiger partial charge is 0.221 e. The summed E-state index contributed by atoms with van der Waals surface area (Å²) in [6, 6.07) is 0.418. The molecule has 0 unspecified atom stereocenters. The van der Waals surface area contributed by atoms with Crippen molar-refractivity contribution in [3.63, 3.8) is 0 Å². The molecule has 1 aromatic heterocycles. The number of nitrogens with zero attached hydrogens (tertiary/aromatic N) is 4. The third-order valence-corrected chi connectivity index (χ3v) is 5.43. The molecule has 1 aliphatic heterocycles. The van der Waals surface area contributed by atoms with E-state index < -0.39 is 0 Å². The van der Waals surface area contributed by atoms with Crippen molar-refractivity contribution in [2.24, 2.45) is 0 Å². The van der Waals surface area contributed by atoms with Crippen LogP contribution in [0.5, 0.6) is 0 Å². The van der Waals surface area contributed by atoms with E-state index in [0.29, 0.717) is 18.4 Å². The second kappa shape index (κ2) is 6.59. The van der Waals surface area contributed by atoms with E-state index in [2.05, 4.69) is 25.0 Å². The van der Waals surface area contributed by atoms with Crippen LogP contribution in [-0.4, -0.2) is 44.7 Å². The Kier molecular flexibility index (Phi) is 4.33. The van der Waals surface area contributed by atoms with Crippen LogP contribution >= 0.6 is 0 Å². The van der Waals surface area contributed by atoms with Gasteiger partial charge in [0.2, 0.25) is 5.91 Å². The fourth-order valence-electron chi connectivity index (χ4n) is 3.87. The van der Waals surface area contributed by atoms with E-state index in [1.54, 1.807) is 0 Å². The predicted octanol–water partition coefficient (Wildman–Crippen LogP) is 1.81. The second-order valence-corrected chi connectivity index (χ2v) is 7.33. The highest BCUT2D eigenvalue weighted by molar-refractivity contribution is 5.76. The first kappa shape index (κ1) is 15.1. The Balaban J connectivity index is 1.24. The molecule has 1 N–H and O–H groups in total. The third-order valence-electron chi connectivity index (χ3n) is 5.43. The highest BCUT2D eigenvalue weighted by Gasteiger charge is 2.32. The molecule has 2 fully saturated rings. The molecule has 1 aromatic rings. The summed E-state index contributed by atoms with van der Waals surface area (Å²) in [7, 11) is 0. The number of amides is 1. The number of aromatic nitrogens is 3. The summed E-state index contributed by atoms with van der Waals surface area (Å²) < 4.78 is 2.30. The Morgan fingerprint density at radius 2 is 1.91 bits per heavy atom. The lowest BCUT2D eigenvalue weighted by atomic mass is 9.95. The average molecular weight is 317 g/mol. The lowest BCUT2D eigenvalue weighted by Crippen LogP contribution is -2.40. The molecule has 23 heavy (non-hydrogen) atoms. The Morgan fingerprint density at radius 3 is 2.70 bits per heavy atom. The summed E-state index contributed by atoms with van der Waals surface area (Å²) in [5.41, 5.74) is 0. The van der Waals surface area contributed by atoms with Crippen LogP contribution in [0.2, 0.25) is 0 Å². The molecule has 2 heterocycles. The van der Waals surface area contributed by atoms with Gasteiger partial charge in [0.25, 0.3) is 0 Å². The van der Waals surface area contributed by atoms with Gasteiger partial charge in [0.15, 0.2) is 0 Å². The Labute approximate surface area is 137 Å². The van der Waals surface area contributed by atoms with Gasteiger partial charge in [-0.3, -0.25) is 9.69 Å². The first-order valence-electron chi connectivity index (χ1n) is 9.23. The topological polar surface area (TPSA) is 63.1 Å². The van der Waals surface area contributed by atoms with E-state index in [1.807, 2.05) is 0 Å². The van der Waals surface area contributed by atoms with Crippen molar-refractivity contribution < 1.29 is 4.79 Å². The molecule has 0 radical (unpaired) electrons. The lowest BCUT2D eigenvalue weighted by Gasteiger charge is -2.28. The van der Waals surface area contributed by atoms with E-state index in [0.717, 1.165) is 44.8 Å². The zero-order chi connectivity index (χ0) is 15.6. The van der Waals surface area contributed by atoms with Gasteiger partial charge in [-0.15, -0.1) is 10.2 Å². The SMILES string of the molecule is O=C(CCN1CCn2c(nnc2C2CC2)C1)NC1CCCCC1. The summed E-state index contributed by atoms with van der Waals surface area (Å²) in [4.78, 5) is 14.5. The summed E-state index contributed by atoms with van der Waals surface area (Å²) in [6.07, 6.45) is 9.29. The van der Waals surface area contributed by atoms with Crippen molar-refractivity contribution in [2.45, 2.75) is 76.4 Å². The highest BCUT2D eigenvalue weighted by atomic mass is 16.1. The second-order valence-electron chi connectivity index (χ2n) is 7.33. The number of hydrogen-bond acceptors (Lipinski definition) is 4. The van der Waals surface area contributed by atoms with Crippen LogP contribution in [0.15, 0.2) is 0 Å². The van der Waals surface area contributed by atoms with Gasteiger partial charge in [0.1, 0.15) is 11.6 Å². The highest BCUT2D eigenvalue weighted by Crippen LogP contribution is 2.39. The van der Waals surface area contributed by atoms with Gasteiger partial charge in [-0.25, -0.2) is 0 Å². The van der Waals surface area contributed by atoms with Crippen LogP contribution in [0.25, 0.3) is 0 Å². The molecule has 4 rings (SSSR count). The average Bonchev–Trinajstić information content (AvgIpc) is 3.33. The monoisotopic (exact) mass is 317 g/mol. The maximum Gasteiger partial charge on any atom is 0.221 e. The van der Waals surface area contributed by atoms with Gasteiger partial charge < -0.3 is 9.88 Å². The number of hydrogen-bond donors (Lipinski definition) is 1. The number of carbonyl (C=O) groups excluding carboxylic acids is 1. The van der Waals surface area contributed by atoms with Crippen molar-refractivity contribution >= 4 is 5.91 Å². The first-order valence-corrected chi connectivity index (χ1v) is 9.23. The van der Waals surface area contributed by atoms with Crippen LogP contribution in [0, 0.1) is 0 Å². The fraction of sp³-hybridized carbons (Fsp3) is 0.824. The van der Waals surface area contributed by atoms with Gasteiger partial charge in [0.05, 0.1) is 6.54 Å². The van der Waals surface area contributed by atoms with Crippen molar-refractivity contribution in [1.29, 1.82) is 0 Å². The number of fused-ring (bicyclic) bond motifs is 1. The zero-order valence-corrected chi connectivity index (χ0v) is 13.8. The maximum absolute atomic E-state index is 12.1. The molecule has 3 aliphatic rings. The van der Waals surface area contributed by atoms with Crippen LogP contribution in [0.3, 0.4) is 0 Å². The van der Waals surface area contributed by atoms with Gasteiger partial charge >= 0.3 is 0 Å². The van der Waals surface area contributed by atoms with Crippen molar-refractivity contribution in [3.8, 4) is 0 Å². The molecule has 0 bridgehead atoms. The summed E-state index contributed by atoms with van der Waals surface area (Å²) in [5, 5.41) is 11.9. The minimum absolute atomic E-state index is 0.211. The Bertz CT molecular complexity index is 559. The van der Waals surface area contributed by atoms with E-state index in [4.69, 9.17) is 0 Å². The predicted molar refractivity (Wildman–Crippen MR) is 86.9 cm³/mol. The standard InChI is InChI=1S/C17H27N5O/c23-16(18-14-4-2-1-3-5-14)8-9-21-10-11-22-15(12-21)19-20-17(22)13-6-7-13/h13-14H,1-12H2,(H,18,23). The van der Waals surface area contributed by atoms with Gasteiger partial charge in [0, 0.05) is 38.0 Å². The summed E-state index contributed by atoms with van der Waals surface area (Å²) in [6.45, 7) is 3.63. The molecule has 6 nitrogen and oxygen atoms in total. The van der Waals surface area contributed by atoms with E-state index in [-0.39, 0.29) is 5.91 Å². The zero-order valence-electron chi connectivity index (χ0n) is 13.8. The van der Waals surface area contributed by atoms with Crippen LogP contribution in [-0.2, 0) is 17.9 Å². The molecular weight excluding hydrogens is 290 g/mol. The number of rotatable bonds is 5. The molecule has 0 atom stereocenters. The summed E-state index contributed by atoms with van der Waals surface area (Å²) >= 11 is 0. The van der Waals surface area contributed by atoms with Crippen molar-refractivity contribution in [1.82, 2.24) is 25.0 Å². The van der Waals surface area contributed by atoms with Crippen molar-refractivity contribution in [3.05, 3.63) is 11.6 Å². The fourth-order valence-corrected chi connectivity index (χ4v) is 3.87. The lowest BCUT2D eigenvalue weighted by molar-refractivity contribution is -0.122. The molecular formula is C17H27N5O.